The van der Waals surface area contributed by atoms with Crippen LogP contribution in [-0.4, -0.2) is 48.8 Å². The van der Waals surface area contributed by atoms with Crippen molar-refractivity contribution in [3.63, 3.8) is 0 Å². The Labute approximate surface area is 215 Å². The van der Waals surface area contributed by atoms with E-state index in [1.165, 1.54) is 6.42 Å². The Morgan fingerprint density at radius 2 is 1.50 bits per heavy atom. The Morgan fingerprint density at radius 3 is 2.08 bits per heavy atom. The number of rotatable bonds is 6. The molecule has 36 heavy (non-hydrogen) atoms. The molecule has 2 fully saturated rings. The first-order valence-corrected chi connectivity index (χ1v) is 13.3. The molecule has 6 heteroatoms. The summed E-state index contributed by atoms with van der Waals surface area (Å²) in [6, 6.07) is 17.9. The van der Waals surface area contributed by atoms with Gasteiger partial charge in [0.15, 0.2) is 0 Å². The van der Waals surface area contributed by atoms with Crippen molar-refractivity contribution in [2.75, 3.05) is 29.9 Å². The van der Waals surface area contributed by atoms with Gasteiger partial charge in [-0.25, -0.2) is 4.79 Å². The number of hydrogen-bond acceptors (Lipinski definition) is 3. The first kappa shape index (κ1) is 25.9. The average Bonchev–Trinajstić information content (AvgIpc) is 2.90. The maximum atomic E-state index is 13.8. The minimum absolute atomic E-state index is 0.0276. The molecule has 192 valence electrons. The normalized spacial score (nSPS) is 17.9. The van der Waals surface area contributed by atoms with Crippen molar-refractivity contribution >= 4 is 29.1 Å². The minimum Gasteiger partial charge on any atom is -0.324 e. The number of carbonyl (C=O) groups is 3. The molecule has 0 radical (unpaired) electrons. The summed E-state index contributed by atoms with van der Waals surface area (Å²) in [5, 5.41) is 0. The number of benzene rings is 2. The van der Waals surface area contributed by atoms with Crippen molar-refractivity contribution in [2.24, 2.45) is 5.41 Å². The molecule has 0 N–H and O–H groups in total. The Hall–Kier alpha value is -3.15. The summed E-state index contributed by atoms with van der Waals surface area (Å²) in [5.74, 6) is 0.0753. The molecule has 0 bridgehead atoms. The number of amides is 3. The van der Waals surface area contributed by atoms with Crippen LogP contribution in [0, 0.1) is 12.3 Å². The number of carbonyl (C=O) groups excluding carboxylic acids is 3. The highest BCUT2D eigenvalue weighted by Crippen LogP contribution is 2.39. The van der Waals surface area contributed by atoms with Gasteiger partial charge in [-0.15, -0.1) is 0 Å². The predicted octanol–water partition coefficient (Wildman–Crippen LogP) is 5.98. The molecule has 6 nitrogen and oxygen atoms in total. The molecule has 3 amide bonds. The van der Waals surface area contributed by atoms with Gasteiger partial charge in [0.2, 0.25) is 5.91 Å². The van der Waals surface area contributed by atoms with Crippen LogP contribution in [0.4, 0.5) is 16.2 Å². The van der Waals surface area contributed by atoms with Gasteiger partial charge in [-0.3, -0.25) is 14.5 Å². The summed E-state index contributed by atoms with van der Waals surface area (Å²) in [4.78, 5) is 45.4. The topological polar surface area (TPSA) is 60.9 Å². The monoisotopic (exact) mass is 489 g/mol. The SMILES string of the molecule is CC(=O)C1(CC(=O)N(c2ccccc2)C2CCCCC2)CCN(C(=O)N(C)c2ccc(C)cc2)CC1. The third-order valence-electron chi connectivity index (χ3n) is 8.18. The number of ketones is 1. The number of anilines is 2. The lowest BCUT2D eigenvalue weighted by molar-refractivity contribution is -0.135. The lowest BCUT2D eigenvalue weighted by atomic mass is 9.72. The van der Waals surface area contributed by atoms with Crippen LogP contribution >= 0.6 is 0 Å². The molecule has 4 rings (SSSR count). The van der Waals surface area contributed by atoms with Crippen LogP contribution in [0.2, 0.25) is 0 Å². The number of para-hydroxylation sites is 1. The summed E-state index contributed by atoms with van der Waals surface area (Å²) >= 11 is 0. The molecule has 1 aliphatic heterocycles. The van der Waals surface area contributed by atoms with Crippen LogP contribution in [0.15, 0.2) is 54.6 Å². The summed E-state index contributed by atoms with van der Waals surface area (Å²) in [6.45, 7) is 4.57. The fourth-order valence-corrected chi connectivity index (χ4v) is 5.73. The fourth-order valence-electron chi connectivity index (χ4n) is 5.73. The molecule has 2 aromatic rings. The second-order valence-electron chi connectivity index (χ2n) is 10.6. The fraction of sp³-hybridized carbons (Fsp3) is 0.500. The van der Waals surface area contributed by atoms with Crippen molar-refractivity contribution < 1.29 is 14.4 Å². The van der Waals surface area contributed by atoms with E-state index in [1.807, 2.05) is 71.3 Å². The molecule has 0 unspecified atom stereocenters. The standard InChI is InChI=1S/C30H39N3O3/c1-23-14-16-25(17-15-23)31(3)29(36)32-20-18-30(19-21-32,24(2)34)22-28(35)33(26-10-6-4-7-11-26)27-12-8-5-9-13-27/h4,6-7,10-11,14-17,27H,5,8-9,12-13,18-22H2,1-3H3. The highest BCUT2D eigenvalue weighted by Gasteiger charge is 2.43. The predicted molar refractivity (Wildman–Crippen MR) is 144 cm³/mol. The molecule has 1 saturated carbocycles. The van der Waals surface area contributed by atoms with E-state index in [2.05, 4.69) is 0 Å². The zero-order chi connectivity index (χ0) is 25.7. The van der Waals surface area contributed by atoms with Crippen LogP contribution in [0.5, 0.6) is 0 Å². The summed E-state index contributed by atoms with van der Waals surface area (Å²) in [6.07, 6.45) is 6.69. The Balaban J connectivity index is 1.47. The van der Waals surface area contributed by atoms with Crippen LogP contribution in [0.25, 0.3) is 0 Å². The maximum absolute atomic E-state index is 13.8. The Kier molecular flexibility index (Phi) is 8.12. The van der Waals surface area contributed by atoms with Gasteiger partial charge < -0.3 is 9.80 Å². The van der Waals surface area contributed by atoms with Crippen LogP contribution in [-0.2, 0) is 9.59 Å². The zero-order valence-electron chi connectivity index (χ0n) is 21.9. The number of likely N-dealkylation sites (tertiary alicyclic amines) is 1. The number of hydrogen-bond donors (Lipinski definition) is 0. The molecule has 0 spiro atoms. The average molecular weight is 490 g/mol. The van der Waals surface area contributed by atoms with E-state index in [0.717, 1.165) is 42.6 Å². The van der Waals surface area contributed by atoms with E-state index in [9.17, 15) is 14.4 Å². The molecular weight excluding hydrogens is 450 g/mol. The Bertz CT molecular complexity index is 1050. The van der Waals surface area contributed by atoms with Crippen LogP contribution in [0.1, 0.15) is 63.9 Å². The van der Waals surface area contributed by atoms with Gasteiger partial charge in [-0.2, -0.15) is 0 Å². The van der Waals surface area contributed by atoms with E-state index < -0.39 is 5.41 Å². The number of piperidine rings is 1. The third-order valence-corrected chi connectivity index (χ3v) is 8.18. The van der Waals surface area contributed by atoms with Crippen molar-refractivity contribution in [1.82, 2.24) is 4.90 Å². The van der Waals surface area contributed by atoms with Crippen LogP contribution in [0.3, 0.4) is 0 Å². The second kappa shape index (κ2) is 11.3. The Morgan fingerprint density at radius 1 is 0.889 bits per heavy atom. The van der Waals surface area contributed by atoms with Crippen LogP contribution < -0.4 is 9.80 Å². The molecular formula is C30H39N3O3. The lowest BCUT2D eigenvalue weighted by Crippen LogP contribution is -2.52. The van der Waals surface area contributed by atoms with Gasteiger partial charge >= 0.3 is 6.03 Å². The van der Waals surface area contributed by atoms with Gasteiger partial charge in [0.05, 0.1) is 0 Å². The molecule has 1 saturated heterocycles. The highest BCUT2D eigenvalue weighted by molar-refractivity contribution is 5.98. The molecule has 1 aliphatic carbocycles. The van der Waals surface area contributed by atoms with Crippen molar-refractivity contribution in [3.8, 4) is 0 Å². The quantitative estimate of drug-likeness (QED) is 0.502. The van der Waals surface area contributed by atoms with Gasteiger partial charge in [0, 0.05) is 49.4 Å². The number of nitrogens with zero attached hydrogens (tertiary/aromatic N) is 3. The smallest absolute Gasteiger partial charge is 0.324 e. The van der Waals surface area contributed by atoms with Gasteiger partial charge in [0.25, 0.3) is 0 Å². The molecule has 2 aromatic carbocycles. The van der Waals surface area contributed by atoms with Crippen molar-refractivity contribution in [3.05, 3.63) is 60.2 Å². The summed E-state index contributed by atoms with van der Waals surface area (Å²) in [5.41, 5.74) is 2.18. The van der Waals surface area contributed by atoms with E-state index >= 15 is 0 Å². The summed E-state index contributed by atoms with van der Waals surface area (Å²) < 4.78 is 0. The molecule has 2 aliphatic rings. The maximum Gasteiger partial charge on any atom is 0.324 e. The molecule has 0 aromatic heterocycles. The van der Waals surface area contributed by atoms with E-state index in [1.54, 1.807) is 18.9 Å². The van der Waals surface area contributed by atoms with Gasteiger partial charge in [0.1, 0.15) is 5.78 Å². The van der Waals surface area contributed by atoms with E-state index in [0.29, 0.717) is 25.9 Å². The number of Topliss-reactive ketones (excluding diaryl/α,β-unsaturated/α-hetero) is 1. The first-order valence-electron chi connectivity index (χ1n) is 13.3. The zero-order valence-corrected chi connectivity index (χ0v) is 21.9. The lowest BCUT2D eigenvalue weighted by Gasteiger charge is -2.42. The van der Waals surface area contributed by atoms with E-state index in [-0.39, 0.29) is 30.2 Å². The van der Waals surface area contributed by atoms with Crippen molar-refractivity contribution in [1.29, 1.82) is 0 Å². The third kappa shape index (κ3) is 5.63. The second-order valence-corrected chi connectivity index (χ2v) is 10.6. The van der Waals surface area contributed by atoms with E-state index in [4.69, 9.17) is 0 Å². The van der Waals surface area contributed by atoms with Gasteiger partial charge in [-0.05, 0) is 63.8 Å². The largest absolute Gasteiger partial charge is 0.324 e. The molecule has 0 atom stereocenters. The van der Waals surface area contributed by atoms with Gasteiger partial charge in [-0.1, -0.05) is 55.2 Å². The highest BCUT2D eigenvalue weighted by atomic mass is 16.2. The first-order chi connectivity index (χ1) is 17.3. The summed E-state index contributed by atoms with van der Waals surface area (Å²) in [7, 11) is 1.78. The van der Waals surface area contributed by atoms with Crippen molar-refractivity contribution in [2.45, 2.75) is 71.3 Å². The minimum atomic E-state index is -0.724. The molecule has 1 heterocycles. The number of urea groups is 1. The number of aryl methyl sites for hydroxylation is 1.